The Labute approximate surface area is 156 Å². The van der Waals surface area contributed by atoms with Gasteiger partial charge < -0.3 is 15.2 Å². The standard InChI is InChI=1S/C16H16N2O4.Na/c1-10-4-3-5-11(2)16(10)17-14-7-6-13(18(21)22)8-12(14)9-15(19)20;/h3-8,17H,9H2,1-2H3,(H,19,20);/q;+1/p-1. The Bertz CT molecular complexity index is 727. The van der Waals surface area contributed by atoms with Gasteiger partial charge in [0.05, 0.1) is 4.92 Å². The number of nitro groups is 1. The van der Waals surface area contributed by atoms with Gasteiger partial charge in [-0.25, -0.2) is 0 Å². The van der Waals surface area contributed by atoms with E-state index in [0.717, 1.165) is 16.8 Å². The van der Waals surface area contributed by atoms with Crippen molar-refractivity contribution in [2.75, 3.05) is 5.32 Å². The number of para-hydroxylation sites is 1. The number of nitrogens with one attached hydrogen (secondary N) is 1. The number of carbonyl (C=O) groups is 1. The van der Waals surface area contributed by atoms with Crippen LogP contribution in [0.2, 0.25) is 0 Å². The maximum atomic E-state index is 10.9. The van der Waals surface area contributed by atoms with Crippen LogP contribution in [0.1, 0.15) is 16.7 Å². The molecule has 0 unspecified atom stereocenters. The van der Waals surface area contributed by atoms with Crippen LogP contribution in [0.15, 0.2) is 36.4 Å². The molecule has 0 spiro atoms. The summed E-state index contributed by atoms with van der Waals surface area (Å²) in [7, 11) is 0. The Morgan fingerprint density at radius 3 is 2.30 bits per heavy atom. The summed E-state index contributed by atoms with van der Waals surface area (Å²) < 4.78 is 0. The Morgan fingerprint density at radius 2 is 1.78 bits per heavy atom. The van der Waals surface area contributed by atoms with Gasteiger partial charge in [-0.3, -0.25) is 10.1 Å². The molecule has 0 bridgehead atoms. The summed E-state index contributed by atoms with van der Waals surface area (Å²) in [6, 6.07) is 9.90. The van der Waals surface area contributed by atoms with E-state index in [2.05, 4.69) is 5.32 Å². The minimum absolute atomic E-state index is 0. The molecule has 2 rings (SSSR count). The number of benzene rings is 2. The minimum Gasteiger partial charge on any atom is -0.550 e. The molecule has 0 aliphatic carbocycles. The molecule has 0 aromatic heterocycles. The number of non-ortho nitro benzene ring substituents is 1. The van der Waals surface area contributed by atoms with Crippen LogP contribution in [0.3, 0.4) is 0 Å². The maximum absolute atomic E-state index is 10.9. The van der Waals surface area contributed by atoms with Crippen LogP contribution in [0.4, 0.5) is 17.1 Å². The van der Waals surface area contributed by atoms with Crippen molar-refractivity contribution in [2.45, 2.75) is 20.3 Å². The molecule has 2 aromatic rings. The number of aliphatic carboxylic acids is 1. The number of rotatable bonds is 5. The van der Waals surface area contributed by atoms with Crippen molar-refractivity contribution >= 4 is 23.0 Å². The fraction of sp³-hybridized carbons (Fsp3) is 0.188. The van der Waals surface area contributed by atoms with E-state index in [-0.39, 0.29) is 35.2 Å². The Balaban J connectivity index is 0.00000264. The van der Waals surface area contributed by atoms with Crippen molar-refractivity contribution < 1.29 is 44.4 Å². The summed E-state index contributed by atoms with van der Waals surface area (Å²) in [5, 5.41) is 24.9. The monoisotopic (exact) mass is 322 g/mol. The van der Waals surface area contributed by atoms with Crippen LogP contribution in [0.25, 0.3) is 0 Å². The van der Waals surface area contributed by atoms with Crippen LogP contribution >= 0.6 is 0 Å². The maximum Gasteiger partial charge on any atom is 1.00 e. The summed E-state index contributed by atoms with van der Waals surface area (Å²) in [5.74, 6) is -1.29. The number of carboxylic acids is 1. The molecule has 23 heavy (non-hydrogen) atoms. The molecule has 114 valence electrons. The summed E-state index contributed by atoms with van der Waals surface area (Å²) in [6.07, 6.45) is -0.394. The molecule has 6 nitrogen and oxygen atoms in total. The molecule has 0 radical (unpaired) electrons. The Kier molecular flexibility index (Phi) is 6.75. The Morgan fingerprint density at radius 1 is 1.17 bits per heavy atom. The fourth-order valence-corrected chi connectivity index (χ4v) is 2.26. The quantitative estimate of drug-likeness (QED) is 0.444. The zero-order chi connectivity index (χ0) is 16.3. The summed E-state index contributed by atoms with van der Waals surface area (Å²) in [6.45, 7) is 3.86. The van der Waals surface area contributed by atoms with Gasteiger partial charge in [-0.1, -0.05) is 18.2 Å². The molecule has 0 saturated carbocycles. The molecule has 0 amide bonds. The molecule has 0 aliphatic rings. The van der Waals surface area contributed by atoms with Crippen molar-refractivity contribution in [1.82, 2.24) is 0 Å². The van der Waals surface area contributed by atoms with Gasteiger partial charge in [0.15, 0.2) is 0 Å². The summed E-state index contributed by atoms with van der Waals surface area (Å²) in [4.78, 5) is 21.2. The van der Waals surface area contributed by atoms with Gasteiger partial charge in [0.1, 0.15) is 0 Å². The van der Waals surface area contributed by atoms with Crippen LogP contribution in [0.5, 0.6) is 0 Å². The van der Waals surface area contributed by atoms with E-state index in [1.807, 2.05) is 32.0 Å². The second-order valence-corrected chi connectivity index (χ2v) is 5.04. The van der Waals surface area contributed by atoms with E-state index in [4.69, 9.17) is 0 Å². The second kappa shape index (κ2) is 8.10. The predicted octanol–water partition coefficient (Wildman–Crippen LogP) is -0.748. The third-order valence-electron chi connectivity index (χ3n) is 3.38. The summed E-state index contributed by atoms with van der Waals surface area (Å²) in [5.41, 5.74) is 3.54. The zero-order valence-corrected chi connectivity index (χ0v) is 15.3. The zero-order valence-electron chi connectivity index (χ0n) is 13.3. The van der Waals surface area contributed by atoms with E-state index >= 15 is 0 Å². The molecular formula is C16H15N2NaO4. The third-order valence-corrected chi connectivity index (χ3v) is 3.38. The van der Waals surface area contributed by atoms with Gasteiger partial charge in [0.2, 0.25) is 0 Å². The van der Waals surface area contributed by atoms with Crippen molar-refractivity contribution in [3.63, 3.8) is 0 Å². The smallest absolute Gasteiger partial charge is 0.550 e. The number of carbonyl (C=O) groups excluding carboxylic acids is 1. The van der Waals surface area contributed by atoms with Crippen LogP contribution in [0, 0.1) is 24.0 Å². The third kappa shape index (κ3) is 4.79. The van der Waals surface area contributed by atoms with Gasteiger partial charge in [-0.2, -0.15) is 0 Å². The van der Waals surface area contributed by atoms with E-state index in [1.54, 1.807) is 0 Å². The summed E-state index contributed by atoms with van der Waals surface area (Å²) >= 11 is 0. The van der Waals surface area contributed by atoms with Crippen molar-refractivity contribution in [2.24, 2.45) is 0 Å². The number of anilines is 2. The first-order valence-electron chi connectivity index (χ1n) is 6.69. The first-order chi connectivity index (χ1) is 10.4. The first-order valence-corrected chi connectivity index (χ1v) is 6.69. The normalized spacial score (nSPS) is 9.83. The molecule has 7 heteroatoms. The van der Waals surface area contributed by atoms with E-state index in [0.29, 0.717) is 11.3 Å². The van der Waals surface area contributed by atoms with Crippen molar-refractivity contribution in [3.8, 4) is 0 Å². The molecule has 0 atom stereocenters. The number of aryl methyl sites for hydroxylation is 2. The van der Waals surface area contributed by atoms with Crippen LogP contribution in [-0.2, 0) is 11.2 Å². The SMILES string of the molecule is Cc1cccc(C)c1Nc1ccc([N+](=O)[O-])cc1CC(=O)[O-].[Na+]. The van der Waals surface area contributed by atoms with Gasteiger partial charge >= 0.3 is 29.6 Å². The molecule has 0 fully saturated rings. The van der Waals surface area contributed by atoms with E-state index in [1.165, 1.54) is 18.2 Å². The largest absolute Gasteiger partial charge is 1.00 e. The molecule has 1 N–H and O–H groups in total. The van der Waals surface area contributed by atoms with Gasteiger partial charge in [0, 0.05) is 35.9 Å². The molecule has 0 saturated heterocycles. The van der Waals surface area contributed by atoms with Crippen LogP contribution < -0.4 is 40.0 Å². The van der Waals surface area contributed by atoms with E-state index in [9.17, 15) is 20.0 Å². The average molecular weight is 322 g/mol. The van der Waals surface area contributed by atoms with Crippen molar-refractivity contribution in [3.05, 3.63) is 63.2 Å². The van der Waals surface area contributed by atoms with Gasteiger partial charge in [-0.05, 0) is 36.6 Å². The molecular weight excluding hydrogens is 307 g/mol. The minimum atomic E-state index is -1.29. The van der Waals surface area contributed by atoms with Crippen molar-refractivity contribution in [1.29, 1.82) is 0 Å². The number of nitro benzene ring substituents is 1. The number of hydrogen-bond acceptors (Lipinski definition) is 5. The average Bonchev–Trinajstić information content (AvgIpc) is 2.43. The molecule has 0 heterocycles. The van der Waals surface area contributed by atoms with Crippen LogP contribution in [-0.4, -0.2) is 10.9 Å². The Hall–Kier alpha value is -1.89. The number of nitrogens with zero attached hydrogens (tertiary/aromatic N) is 1. The fourth-order valence-electron chi connectivity index (χ4n) is 2.26. The van der Waals surface area contributed by atoms with Gasteiger partial charge in [0.25, 0.3) is 5.69 Å². The van der Waals surface area contributed by atoms with E-state index < -0.39 is 17.3 Å². The second-order valence-electron chi connectivity index (χ2n) is 5.04. The first kappa shape index (κ1) is 19.2. The number of hydrogen-bond donors (Lipinski definition) is 1. The predicted molar refractivity (Wildman–Crippen MR) is 81.0 cm³/mol. The molecule has 0 aliphatic heterocycles. The van der Waals surface area contributed by atoms with Gasteiger partial charge in [-0.15, -0.1) is 0 Å². The number of carboxylic acid groups (broad SMARTS) is 1. The topological polar surface area (TPSA) is 95.3 Å². The molecule has 2 aromatic carbocycles.